The summed E-state index contributed by atoms with van der Waals surface area (Å²) in [7, 11) is 0. The van der Waals surface area contributed by atoms with E-state index in [-0.39, 0.29) is 17.6 Å². The minimum atomic E-state index is -0.127. The van der Waals surface area contributed by atoms with Crippen molar-refractivity contribution in [1.29, 1.82) is 0 Å². The summed E-state index contributed by atoms with van der Waals surface area (Å²) >= 11 is 2.99. The Morgan fingerprint density at radius 1 is 0.971 bits per heavy atom. The zero-order valence-corrected chi connectivity index (χ0v) is 20.2. The number of imidazole rings is 1. The number of rotatable bonds is 9. The number of aromatic nitrogens is 2. The summed E-state index contributed by atoms with van der Waals surface area (Å²) in [6.45, 7) is 0.480. The molecule has 0 aliphatic rings. The van der Waals surface area contributed by atoms with Crippen molar-refractivity contribution in [2.45, 2.75) is 16.6 Å². The first-order valence-electron chi connectivity index (χ1n) is 10.6. The average molecular weight is 489 g/mol. The highest BCUT2D eigenvalue weighted by atomic mass is 32.2. The van der Waals surface area contributed by atoms with Gasteiger partial charge in [-0.05, 0) is 54.3 Å². The summed E-state index contributed by atoms with van der Waals surface area (Å²) in [5.41, 5.74) is 3.28. The van der Waals surface area contributed by atoms with Crippen molar-refractivity contribution in [2.24, 2.45) is 0 Å². The quantitative estimate of drug-likeness (QED) is 0.315. The van der Waals surface area contributed by atoms with E-state index in [1.165, 1.54) is 11.8 Å². The van der Waals surface area contributed by atoms with Crippen LogP contribution in [0.25, 0.3) is 5.69 Å². The molecule has 8 heteroatoms. The molecule has 0 fully saturated rings. The summed E-state index contributed by atoms with van der Waals surface area (Å²) < 4.78 is 1.90. The highest BCUT2D eigenvalue weighted by Crippen LogP contribution is 2.22. The largest absolute Gasteiger partial charge is 0.348 e. The van der Waals surface area contributed by atoms with E-state index < -0.39 is 0 Å². The molecule has 172 valence electrons. The van der Waals surface area contributed by atoms with Crippen LogP contribution in [0.5, 0.6) is 0 Å². The van der Waals surface area contributed by atoms with Crippen molar-refractivity contribution in [2.75, 3.05) is 17.3 Å². The van der Waals surface area contributed by atoms with E-state index in [9.17, 15) is 9.59 Å². The van der Waals surface area contributed by atoms with Crippen LogP contribution in [0.3, 0.4) is 0 Å². The molecule has 0 atom stereocenters. The number of hydrogen-bond acceptors (Lipinski definition) is 5. The Morgan fingerprint density at radius 3 is 2.53 bits per heavy atom. The van der Waals surface area contributed by atoms with Gasteiger partial charge in [0.1, 0.15) is 0 Å². The van der Waals surface area contributed by atoms with Crippen LogP contribution in [0.15, 0.2) is 101 Å². The fourth-order valence-corrected chi connectivity index (χ4v) is 4.51. The maximum Gasteiger partial charge on any atom is 0.251 e. The van der Waals surface area contributed by atoms with Crippen LogP contribution in [-0.4, -0.2) is 33.4 Å². The van der Waals surface area contributed by atoms with Gasteiger partial charge in [0.25, 0.3) is 5.91 Å². The molecule has 34 heavy (non-hydrogen) atoms. The first kappa shape index (κ1) is 23.7. The second kappa shape index (κ2) is 11.6. The van der Waals surface area contributed by atoms with Crippen molar-refractivity contribution < 1.29 is 9.59 Å². The lowest BCUT2D eigenvalue weighted by Crippen LogP contribution is -2.22. The zero-order valence-electron chi connectivity index (χ0n) is 18.6. The van der Waals surface area contributed by atoms with Gasteiger partial charge in [-0.15, -0.1) is 11.8 Å². The van der Waals surface area contributed by atoms with Gasteiger partial charge < -0.3 is 10.6 Å². The molecule has 4 rings (SSSR count). The van der Waals surface area contributed by atoms with Gasteiger partial charge in [-0.2, -0.15) is 0 Å². The molecule has 0 unspecified atom stereocenters. The molecular formula is C26H24N4O2S2. The van der Waals surface area contributed by atoms with E-state index in [1.807, 2.05) is 83.7 Å². The predicted molar refractivity (Wildman–Crippen MR) is 139 cm³/mol. The minimum absolute atomic E-state index is 0.0942. The topological polar surface area (TPSA) is 76.0 Å². The molecule has 2 amide bonds. The first-order valence-corrected chi connectivity index (χ1v) is 12.9. The molecule has 0 aliphatic carbocycles. The molecule has 3 aromatic carbocycles. The maximum atomic E-state index is 12.5. The number of nitrogens with one attached hydrogen (secondary N) is 2. The van der Waals surface area contributed by atoms with Crippen molar-refractivity contribution in [3.05, 3.63) is 102 Å². The first-order chi connectivity index (χ1) is 16.6. The Kier molecular flexibility index (Phi) is 8.06. The molecule has 0 spiro atoms. The fraction of sp³-hybridized carbons (Fsp3) is 0.115. The second-order valence-electron chi connectivity index (χ2n) is 7.36. The van der Waals surface area contributed by atoms with E-state index in [1.54, 1.807) is 30.1 Å². The summed E-state index contributed by atoms with van der Waals surface area (Å²) in [5.74, 6) is 0.0154. The third kappa shape index (κ3) is 6.30. The Bertz CT molecular complexity index is 1260. The van der Waals surface area contributed by atoms with Gasteiger partial charge in [-0.25, -0.2) is 4.98 Å². The summed E-state index contributed by atoms with van der Waals surface area (Å²) in [4.78, 5) is 30.4. The molecule has 1 aromatic heterocycles. The van der Waals surface area contributed by atoms with Gasteiger partial charge in [0.05, 0.1) is 5.75 Å². The van der Waals surface area contributed by atoms with E-state index in [0.717, 1.165) is 21.8 Å². The summed E-state index contributed by atoms with van der Waals surface area (Å²) in [6, 6.07) is 24.9. The molecule has 4 aromatic rings. The highest BCUT2D eigenvalue weighted by molar-refractivity contribution is 7.99. The molecule has 0 radical (unpaired) electrons. The van der Waals surface area contributed by atoms with Crippen LogP contribution in [0.4, 0.5) is 5.69 Å². The van der Waals surface area contributed by atoms with Crippen LogP contribution < -0.4 is 10.6 Å². The number of nitrogens with zero attached hydrogens (tertiary/aromatic N) is 2. The van der Waals surface area contributed by atoms with Gasteiger partial charge in [0.15, 0.2) is 5.16 Å². The number of hydrogen-bond donors (Lipinski definition) is 2. The Labute approximate surface area is 207 Å². The number of thioether (sulfide) groups is 2. The number of carbonyl (C=O) groups is 2. The summed E-state index contributed by atoms with van der Waals surface area (Å²) in [6.07, 6.45) is 5.54. The molecular weight excluding hydrogens is 464 g/mol. The SMILES string of the molecule is CSc1cccc(NC(=O)CSc2nccn2-c2ccc(C(=O)NCc3ccccc3)cc2)c1. The third-order valence-electron chi connectivity index (χ3n) is 5.00. The number of anilines is 1. The van der Waals surface area contributed by atoms with Crippen molar-refractivity contribution in [3.8, 4) is 5.69 Å². The van der Waals surface area contributed by atoms with E-state index >= 15 is 0 Å². The number of benzene rings is 3. The zero-order chi connectivity index (χ0) is 23.8. The lowest BCUT2D eigenvalue weighted by molar-refractivity contribution is -0.113. The maximum absolute atomic E-state index is 12.5. The van der Waals surface area contributed by atoms with Gasteiger partial charge >= 0.3 is 0 Å². The third-order valence-corrected chi connectivity index (χ3v) is 6.69. The Morgan fingerprint density at radius 2 is 1.76 bits per heavy atom. The number of carbonyl (C=O) groups excluding carboxylic acids is 2. The fourth-order valence-electron chi connectivity index (χ4n) is 3.27. The van der Waals surface area contributed by atoms with Crippen LogP contribution in [0, 0.1) is 0 Å². The molecule has 6 nitrogen and oxygen atoms in total. The van der Waals surface area contributed by atoms with Crippen molar-refractivity contribution in [1.82, 2.24) is 14.9 Å². The summed E-state index contributed by atoms with van der Waals surface area (Å²) in [5, 5.41) is 6.56. The van der Waals surface area contributed by atoms with Crippen molar-refractivity contribution >= 4 is 41.0 Å². The second-order valence-corrected chi connectivity index (χ2v) is 9.19. The van der Waals surface area contributed by atoms with Crippen LogP contribution in [-0.2, 0) is 11.3 Å². The minimum Gasteiger partial charge on any atom is -0.348 e. The van der Waals surface area contributed by atoms with Crippen LogP contribution >= 0.6 is 23.5 Å². The standard InChI is InChI=1S/C26H24N4O2S2/c1-33-23-9-5-8-21(16-23)29-24(31)18-34-26-27-14-15-30(26)22-12-10-20(11-13-22)25(32)28-17-19-6-3-2-4-7-19/h2-16H,17-18H2,1H3,(H,28,32)(H,29,31). The predicted octanol–water partition coefficient (Wildman–Crippen LogP) is 5.26. The smallest absolute Gasteiger partial charge is 0.251 e. The van der Waals surface area contributed by atoms with Gasteiger partial charge in [0.2, 0.25) is 5.91 Å². The lowest BCUT2D eigenvalue weighted by Gasteiger charge is -2.10. The molecule has 0 saturated carbocycles. The van der Waals surface area contributed by atoms with Gasteiger partial charge in [-0.3, -0.25) is 14.2 Å². The normalized spacial score (nSPS) is 10.6. The molecule has 1 heterocycles. The van der Waals surface area contributed by atoms with Crippen molar-refractivity contribution in [3.63, 3.8) is 0 Å². The van der Waals surface area contributed by atoms with Crippen LogP contribution in [0.1, 0.15) is 15.9 Å². The Balaban J connectivity index is 1.34. The Hall–Kier alpha value is -3.49. The molecule has 0 aliphatic heterocycles. The average Bonchev–Trinajstić information content (AvgIpc) is 3.35. The van der Waals surface area contributed by atoms with Crippen LogP contribution in [0.2, 0.25) is 0 Å². The monoisotopic (exact) mass is 488 g/mol. The molecule has 0 bridgehead atoms. The van der Waals surface area contributed by atoms with Gasteiger partial charge in [-0.1, -0.05) is 48.2 Å². The van der Waals surface area contributed by atoms with E-state index in [4.69, 9.17) is 0 Å². The van der Waals surface area contributed by atoms with E-state index in [0.29, 0.717) is 17.3 Å². The van der Waals surface area contributed by atoms with Gasteiger partial charge in [0, 0.05) is 40.8 Å². The number of amides is 2. The highest BCUT2D eigenvalue weighted by Gasteiger charge is 2.11. The molecule has 2 N–H and O–H groups in total. The van der Waals surface area contributed by atoms with E-state index in [2.05, 4.69) is 15.6 Å². The molecule has 0 saturated heterocycles. The lowest BCUT2D eigenvalue weighted by atomic mass is 10.1.